The van der Waals surface area contributed by atoms with Crippen molar-refractivity contribution >= 4 is 144 Å². The summed E-state index contributed by atoms with van der Waals surface area (Å²) in [7, 11) is 16.9. The molecule has 0 saturated heterocycles. The summed E-state index contributed by atoms with van der Waals surface area (Å²) < 4.78 is 31.1. The second kappa shape index (κ2) is 134. The average Bonchev–Trinajstić information content (AvgIpc) is 3.34. The molecule has 0 bridgehead atoms. The summed E-state index contributed by atoms with van der Waals surface area (Å²) in [6, 6.07) is 0. The van der Waals surface area contributed by atoms with Gasteiger partial charge in [0.25, 0.3) is 0 Å². The molecule has 0 spiro atoms. The quantitative estimate of drug-likeness (QED) is 0.00348. The van der Waals surface area contributed by atoms with Crippen LogP contribution < -0.4 is 54.4 Å². The van der Waals surface area contributed by atoms with Crippen molar-refractivity contribution in [1.29, 1.82) is 0 Å². The first-order chi connectivity index (χ1) is 35.3. The Morgan fingerprint density at radius 2 is 0.950 bits per heavy atom. The van der Waals surface area contributed by atoms with Gasteiger partial charge in [-0.1, -0.05) is 67.8 Å². The number of nitro groups is 5. The maximum absolute atomic E-state index is 9.75. The fourth-order valence-corrected chi connectivity index (χ4v) is 2.22. The average molecular weight is 2270 g/mol. The molecule has 80 heavy (non-hydrogen) atoms. The number of nitrogens with zero attached hydrogens (tertiary/aromatic N) is 9. The number of ether oxygens (including phenoxy) is 6. The van der Waals surface area contributed by atoms with Crippen molar-refractivity contribution < 1.29 is 153 Å². The van der Waals surface area contributed by atoms with Crippen molar-refractivity contribution in [2.75, 3.05) is 131 Å². The topological polar surface area (TPSA) is 598 Å². The first kappa shape index (κ1) is 126. The third-order valence-corrected chi connectivity index (χ3v) is 7.69. The number of nitrogens with one attached hydrogen (secondary N) is 7. The second-order valence-electron chi connectivity index (χ2n) is 8.58. The minimum absolute atomic E-state index is 0. The van der Waals surface area contributed by atoms with Crippen molar-refractivity contribution in [3.05, 3.63) is 61.0 Å². The molecule has 0 fully saturated rings. The predicted octanol–water partition coefficient (Wildman–Crippen LogP) is -1.42. The molecule has 0 amide bonds. The smallest absolute Gasteiger partial charge is 0.306 e. The molecule has 0 aromatic rings. The summed E-state index contributed by atoms with van der Waals surface area (Å²) >= 11 is 26.2. The van der Waals surface area contributed by atoms with Gasteiger partial charge >= 0.3 is 291 Å². The number of aliphatic hydroxyl groups excluding tert-OH is 2. The standard InChI is InChI=1S/C5H12N4OS.C4H9N3O3.C4H11N3O.C2H4BrNO3.C2H4N4O3.C2H6N2O3.C2H4N.C2H6O.CH2Br2.CH2Cl2.CH3NO3.2CH4.2ClH.2H2O.Sn.4W/c1-7-2-8-3-10-4-9-5(6)11;1-5-2-6-3-10-4-7(8)9;1-6-3-7-4-8-2-5;3-1-7-2-4(5)6;3-5-4-1-9-2-6(7)8;3-1-7-2-4(5)6;1-3-2;1-2-3;2*2-1-3;3-1-2(4)5;;;;;;;;;;;/h7-8H,3-4H2,1H3,(H3,6,9,11);5-6H,3-4H2,1H3;6-7H,2,4-5H2,1H3;1-2H2;1-2H2;1-3H2;1H,2H3;3H,2H2,1H3;2*1H2;3H,1H2;2*1H4;2*1H;2*1H2;;;;;/q;;;;;;-1;;;;;;;;;;;+2;;;;/p-2. The second-order valence-corrected chi connectivity index (χ2v) is 21.6. The van der Waals surface area contributed by atoms with Gasteiger partial charge in [-0.2, -0.15) is 0 Å². The van der Waals surface area contributed by atoms with Crippen LogP contribution in [-0.4, -0.2) is 220 Å². The molecule has 0 rings (SSSR count). The maximum Gasteiger partial charge on any atom is 0.306 e. The molecule has 19 N–H and O–H groups in total. The maximum atomic E-state index is 9.75. The van der Waals surface area contributed by atoms with Gasteiger partial charge in [0.15, 0.2) is 0 Å². The van der Waals surface area contributed by atoms with Crippen LogP contribution in [-0.2, 0) is 108 Å². The molecule has 0 aliphatic heterocycles. The van der Waals surface area contributed by atoms with E-state index in [0.29, 0.717) is 20.2 Å². The SMILES string of the molecule is BrCBr.C.C.CCO.CN[C](=[W])NCOCN.CN[C](=[W])NCOCNC(N)=S.CN[C](=[W])NCOC[N+](=O)[O-].ClCCl.NCOC[N+](=O)[O-].O.O.O=[N+]([O-])CO.O=[N+]([O-])COCBr.[CH-]=NC.[Cl][Sn][Cl].[N-]=[N+]=NCOC[N+](=O)[O-].[W]. The van der Waals surface area contributed by atoms with E-state index < -0.39 is 77.2 Å². The fourth-order valence-electron chi connectivity index (χ4n) is 1.39. The van der Waals surface area contributed by atoms with E-state index in [0.717, 1.165) is 16.7 Å². The van der Waals surface area contributed by atoms with E-state index in [9.17, 15) is 40.5 Å². The van der Waals surface area contributed by atoms with Gasteiger partial charge in [0.2, 0.25) is 0 Å². The molecule has 0 aliphatic carbocycles. The van der Waals surface area contributed by atoms with E-state index in [-0.39, 0.29) is 96.4 Å². The molecule has 2 radical (unpaired) electrons. The van der Waals surface area contributed by atoms with Crippen LogP contribution in [0.15, 0.2) is 10.1 Å². The van der Waals surface area contributed by atoms with E-state index in [2.05, 4.69) is 138 Å². The number of hydrogen-bond donors (Lipinski definition) is 12. The van der Waals surface area contributed by atoms with E-state index in [4.69, 9.17) is 93.6 Å². The molecule has 0 saturated carbocycles. The van der Waals surface area contributed by atoms with E-state index in [1.165, 1.54) is 65.1 Å². The molecule has 486 valence electrons. The number of halogens is 7. The van der Waals surface area contributed by atoms with Crippen LogP contribution in [0.5, 0.6) is 0 Å². The van der Waals surface area contributed by atoms with E-state index in [1.54, 1.807) is 14.0 Å². The number of alkyl halides is 5. The molecule has 0 atom stereocenters. The minimum atomic E-state index is -0.972. The Hall–Kier alpha value is 0.712. The van der Waals surface area contributed by atoms with Gasteiger partial charge in [-0.3, -0.25) is 40.5 Å². The Balaban J connectivity index is -0.0000000369. The van der Waals surface area contributed by atoms with Crippen LogP contribution in [0.1, 0.15) is 21.8 Å². The zero-order chi connectivity index (χ0) is 61.5. The third kappa shape index (κ3) is 261. The Morgan fingerprint density at radius 3 is 1.16 bits per heavy atom. The molecule has 39 nitrogen and oxygen atoms in total. The zero-order valence-electron chi connectivity index (χ0n) is 41.8. The van der Waals surface area contributed by atoms with Crippen LogP contribution in [0, 0.1) is 50.6 Å². The Bertz CT molecular complexity index is 1360. The Morgan fingerprint density at radius 1 is 0.700 bits per heavy atom. The van der Waals surface area contributed by atoms with Crippen LogP contribution >= 0.6 is 101 Å². The summed E-state index contributed by atoms with van der Waals surface area (Å²) in [6.45, 7) is 4.71. The molecule has 0 aromatic carbocycles. The number of rotatable bonds is 28. The van der Waals surface area contributed by atoms with Gasteiger partial charge in [-0.05, 0) is 19.5 Å². The van der Waals surface area contributed by atoms with Gasteiger partial charge in [0.05, 0.1) is 9.58 Å². The number of aliphatic imine (C=N–C) groups is 1. The molecule has 0 aliphatic rings. The largest absolute Gasteiger partial charge is 0.313 e. The molecule has 0 unspecified atom stereocenters. The first-order valence-electron chi connectivity index (χ1n) is 17.9. The summed E-state index contributed by atoms with van der Waals surface area (Å²) in [5.41, 5.74) is 22.8. The van der Waals surface area contributed by atoms with Gasteiger partial charge in [0.1, 0.15) is 19.0 Å². The van der Waals surface area contributed by atoms with Gasteiger partial charge in [0, 0.05) is 52.3 Å². The van der Waals surface area contributed by atoms with Crippen LogP contribution in [0.25, 0.3) is 10.4 Å². The zero-order valence-corrected chi connectivity index (χ0v) is 64.9. The third-order valence-electron chi connectivity index (χ3n) is 3.46. The molecular weight excluding hydrogens is 2190 g/mol. The number of aliphatic hydroxyl groups is 2. The summed E-state index contributed by atoms with van der Waals surface area (Å²) in [5, 5.41) is 85.5. The van der Waals surface area contributed by atoms with E-state index >= 15 is 0 Å². The molecule has 0 heterocycles. The van der Waals surface area contributed by atoms with Crippen molar-refractivity contribution in [2.45, 2.75) is 21.8 Å². The number of azide groups is 1. The first-order valence-corrected chi connectivity index (χ1v) is 34.4. The normalized spacial score (nSPS) is 7.75. The Labute approximate surface area is 569 Å². The van der Waals surface area contributed by atoms with Gasteiger partial charge < -0.3 is 52.8 Å². The molecule has 0 aromatic heterocycles. The van der Waals surface area contributed by atoms with Crippen molar-refractivity contribution in [3.8, 4) is 0 Å². The number of hydrogen-bond acceptors (Lipinski definition) is 29. The van der Waals surface area contributed by atoms with Gasteiger partial charge in [-0.25, -0.2) is 0 Å². The number of thiocarbonyl (C=S) groups is 1. The van der Waals surface area contributed by atoms with Crippen LogP contribution in [0.3, 0.4) is 0 Å². The van der Waals surface area contributed by atoms with Crippen molar-refractivity contribution in [3.63, 3.8) is 0 Å². The van der Waals surface area contributed by atoms with E-state index in [1.807, 2.05) is 14.1 Å². The minimum Gasteiger partial charge on any atom is -0.313 e. The van der Waals surface area contributed by atoms with Crippen LogP contribution in [0.2, 0.25) is 0 Å². The summed E-state index contributed by atoms with van der Waals surface area (Å²) in [5.74, 6) is 0. The van der Waals surface area contributed by atoms with Crippen molar-refractivity contribution in [1.82, 2.24) is 37.2 Å². The fraction of sp³-hybridized carbons (Fsp3) is 0.821. The molecular formula is C28H75Br3Cl4N19O20SSnW4-. The molecule has 52 heteroatoms. The van der Waals surface area contributed by atoms with Crippen LogP contribution in [0.4, 0.5) is 0 Å². The monoisotopic (exact) mass is 2260 g/mol. The summed E-state index contributed by atoms with van der Waals surface area (Å²) in [6.07, 6.45) is 0. The Kier molecular flexibility index (Phi) is 212. The summed E-state index contributed by atoms with van der Waals surface area (Å²) in [4.78, 5) is 49.2. The van der Waals surface area contributed by atoms with Gasteiger partial charge in [-0.15, -0.1) is 23.2 Å². The van der Waals surface area contributed by atoms with Crippen molar-refractivity contribution in [2.24, 2.45) is 27.3 Å². The predicted molar refractivity (Wildman–Crippen MR) is 310 cm³/mol. The number of nitrogens with two attached hydrogens (primary N) is 3.